The summed E-state index contributed by atoms with van der Waals surface area (Å²) in [4.78, 5) is 88.5. The Morgan fingerprint density at radius 1 is 0.721 bits per heavy atom. The number of carbonyl (C=O) groups is 7. The maximum absolute atomic E-state index is 13.4. The average Bonchev–Trinajstić information content (AvgIpc) is 3.31. The largest absolute Gasteiger partial charge is 0.469 e. The molecule has 1 saturated heterocycles. The van der Waals surface area contributed by atoms with Crippen LogP contribution >= 0.6 is 12.6 Å². The Bertz CT molecular complexity index is 1500. The molecule has 1 aliphatic rings. The topological polar surface area (TPSA) is 248 Å². The highest BCUT2D eigenvalue weighted by Gasteiger charge is 2.47. The first-order valence-corrected chi connectivity index (χ1v) is 26.3. The van der Waals surface area contributed by atoms with Gasteiger partial charge in [0.05, 0.1) is 19.6 Å². The summed E-state index contributed by atoms with van der Waals surface area (Å²) in [6.45, 7) is 7.69. The molecule has 9 atom stereocenters. The lowest BCUT2D eigenvalue weighted by atomic mass is 9.97. The molecule has 0 spiro atoms. The Balaban J connectivity index is 2.89. The third-order valence-corrected chi connectivity index (χ3v) is 12.7. The number of nitrogens with two attached hydrogens (primary N) is 1. The van der Waals surface area contributed by atoms with E-state index < -0.39 is 96.3 Å². The van der Waals surface area contributed by atoms with Crippen molar-refractivity contribution >= 4 is 54.2 Å². The van der Waals surface area contributed by atoms with Gasteiger partial charge in [-0.3, -0.25) is 33.6 Å². The summed E-state index contributed by atoms with van der Waals surface area (Å²) < 4.78 is 36.3. The zero-order valence-corrected chi connectivity index (χ0v) is 43.2. The molecule has 1 rings (SSSR count). The monoisotopic (exact) mass is 988 g/mol. The van der Waals surface area contributed by atoms with Gasteiger partial charge in [0.15, 0.2) is 1.41 Å². The van der Waals surface area contributed by atoms with Gasteiger partial charge in [0, 0.05) is 19.8 Å². The molecule has 0 aromatic carbocycles. The Kier molecular flexibility index (Phi) is 34.2. The fraction of sp³-hybridized carbons (Fsp3) is 0.860. The molecule has 1 aliphatic heterocycles. The molecule has 0 aromatic heterocycles. The molecule has 18 heteroatoms. The number of aliphatic hydroxyl groups excluding tert-OH is 1. The SMILES string of the molecule is [2H]N(C(=O)[C@@H](C)O[C@H]1[C@H](O)[C@@H](COC(=O)C[C@@H](CCCCCCCCCCC)OC(=O)CCCCCCCCCCCCCCC)O[C@@H](S)[C@@H]1NC(C)=O)[C@@H](C)C(=O)N[C@@H](CCC(=O)OC)C(N)=O. The zero-order chi connectivity index (χ0) is 51.6. The van der Waals surface area contributed by atoms with Crippen LogP contribution in [-0.4, -0.2) is 114 Å². The number of carbonyl (C=O) groups excluding carboxylic acids is 7. The van der Waals surface area contributed by atoms with Crippen LogP contribution in [0.5, 0.6) is 0 Å². The van der Waals surface area contributed by atoms with Crippen LogP contribution in [0.3, 0.4) is 0 Å². The van der Waals surface area contributed by atoms with Crippen LogP contribution in [0.25, 0.3) is 0 Å². The highest BCUT2D eigenvalue weighted by atomic mass is 32.1. The van der Waals surface area contributed by atoms with Gasteiger partial charge >= 0.3 is 17.9 Å². The minimum atomic E-state index is -1.60. The predicted octanol–water partition coefficient (Wildman–Crippen LogP) is 6.96. The first kappa shape index (κ1) is 60.6. The van der Waals surface area contributed by atoms with E-state index in [1.807, 2.05) is 0 Å². The number of unbranched alkanes of at least 4 members (excludes halogenated alkanes) is 20. The van der Waals surface area contributed by atoms with E-state index in [1.165, 1.54) is 111 Å². The number of aliphatic hydroxyl groups is 1. The zero-order valence-electron chi connectivity index (χ0n) is 43.3. The third kappa shape index (κ3) is 28.9. The van der Waals surface area contributed by atoms with Crippen molar-refractivity contribution in [2.24, 2.45) is 5.73 Å². The number of hydrogen-bond donors (Lipinski definition) is 6. The number of ether oxygens (including phenoxy) is 5. The second-order valence-corrected chi connectivity index (χ2v) is 18.9. The lowest BCUT2D eigenvalue weighted by Gasteiger charge is -2.43. The highest BCUT2D eigenvalue weighted by Crippen LogP contribution is 2.28. The molecule has 4 amide bonds. The van der Waals surface area contributed by atoms with E-state index in [0.29, 0.717) is 18.2 Å². The van der Waals surface area contributed by atoms with E-state index in [9.17, 15) is 38.7 Å². The fourth-order valence-corrected chi connectivity index (χ4v) is 8.45. The van der Waals surface area contributed by atoms with Gasteiger partial charge in [-0.25, -0.2) is 0 Å². The van der Waals surface area contributed by atoms with E-state index in [4.69, 9.17) is 26.1 Å². The Morgan fingerprint density at radius 3 is 1.74 bits per heavy atom. The number of amides is 4. The molecule has 0 aromatic rings. The summed E-state index contributed by atoms with van der Waals surface area (Å²) in [6, 6.07) is -3.88. The molecule has 17 nitrogen and oxygen atoms in total. The Labute approximate surface area is 414 Å². The molecular weight excluding hydrogens is 897 g/mol. The van der Waals surface area contributed by atoms with Gasteiger partial charge in [-0.05, 0) is 39.5 Å². The lowest BCUT2D eigenvalue weighted by Crippen LogP contribution is -2.64. The van der Waals surface area contributed by atoms with Gasteiger partial charge in [-0.2, -0.15) is 0 Å². The minimum Gasteiger partial charge on any atom is -0.469 e. The maximum Gasteiger partial charge on any atom is 0.309 e. The van der Waals surface area contributed by atoms with Gasteiger partial charge in [0.25, 0.3) is 0 Å². The number of esters is 3. The highest BCUT2D eigenvalue weighted by molar-refractivity contribution is 7.80. The van der Waals surface area contributed by atoms with Crippen LogP contribution in [0.1, 0.15) is 208 Å². The number of primary amides is 1. The van der Waals surface area contributed by atoms with Crippen LogP contribution in [0.4, 0.5) is 0 Å². The lowest BCUT2D eigenvalue weighted by molar-refractivity contribution is -0.204. The van der Waals surface area contributed by atoms with Crippen molar-refractivity contribution in [2.45, 2.75) is 262 Å². The molecule has 0 bridgehead atoms. The van der Waals surface area contributed by atoms with Crippen molar-refractivity contribution in [1.29, 1.82) is 0 Å². The summed E-state index contributed by atoms with van der Waals surface area (Å²) in [7, 11) is 1.16. The summed E-state index contributed by atoms with van der Waals surface area (Å²) in [6.07, 6.45) is 19.2. The van der Waals surface area contributed by atoms with Crippen LogP contribution in [0.15, 0.2) is 0 Å². The quantitative estimate of drug-likeness (QED) is 0.0158. The molecule has 0 unspecified atom stereocenters. The smallest absolute Gasteiger partial charge is 0.309 e. The fourth-order valence-electron chi connectivity index (χ4n) is 8.05. The second-order valence-electron chi connectivity index (χ2n) is 18.4. The molecule has 1 heterocycles. The second kappa shape index (κ2) is 38.3. The summed E-state index contributed by atoms with van der Waals surface area (Å²) in [5, 5.41) is 16.8. The van der Waals surface area contributed by atoms with Crippen molar-refractivity contribution in [3.63, 3.8) is 0 Å². The molecule has 394 valence electrons. The van der Waals surface area contributed by atoms with Crippen LogP contribution in [0, 0.1) is 0 Å². The van der Waals surface area contributed by atoms with Gasteiger partial charge in [0.2, 0.25) is 23.6 Å². The predicted molar refractivity (Wildman–Crippen MR) is 263 cm³/mol. The minimum absolute atomic E-state index is 0.174. The molecule has 1 fully saturated rings. The number of hydrogen-bond acceptors (Lipinski definition) is 14. The van der Waals surface area contributed by atoms with Crippen molar-refractivity contribution in [1.82, 2.24) is 15.9 Å². The van der Waals surface area contributed by atoms with Crippen LogP contribution < -0.4 is 21.7 Å². The van der Waals surface area contributed by atoms with E-state index in [0.717, 1.165) is 52.1 Å². The van der Waals surface area contributed by atoms with Gasteiger partial charge in [0.1, 0.15) is 54.6 Å². The Hall–Kier alpha value is -3.48. The summed E-state index contributed by atoms with van der Waals surface area (Å²) in [5.41, 5.74) is 4.26. The van der Waals surface area contributed by atoms with E-state index in [1.54, 1.807) is 0 Å². The van der Waals surface area contributed by atoms with Gasteiger partial charge in [-0.1, -0.05) is 142 Å². The number of rotatable bonds is 40. The molecule has 0 aliphatic carbocycles. The average molecular weight is 988 g/mol. The summed E-state index contributed by atoms with van der Waals surface area (Å²) in [5.74, 6) is -5.08. The molecule has 0 saturated carbocycles. The van der Waals surface area contributed by atoms with Crippen molar-refractivity contribution in [2.75, 3.05) is 13.7 Å². The van der Waals surface area contributed by atoms with Crippen LogP contribution in [-0.2, 0) is 57.2 Å². The van der Waals surface area contributed by atoms with E-state index >= 15 is 0 Å². The van der Waals surface area contributed by atoms with Crippen LogP contribution in [0.2, 0.25) is 1.41 Å². The maximum atomic E-state index is 13.4. The summed E-state index contributed by atoms with van der Waals surface area (Å²) >= 11 is 4.47. The molecule has 6 N–H and O–H groups in total. The number of thiol groups is 1. The van der Waals surface area contributed by atoms with Crippen molar-refractivity contribution in [3.05, 3.63) is 0 Å². The van der Waals surface area contributed by atoms with Gasteiger partial charge in [-0.15, -0.1) is 12.6 Å². The Morgan fingerprint density at radius 2 is 1.24 bits per heavy atom. The number of methoxy groups -OCH3 is 1. The third-order valence-electron chi connectivity index (χ3n) is 12.2. The van der Waals surface area contributed by atoms with E-state index in [2.05, 4.69) is 41.8 Å². The standard InChI is InChI=1S/C50H90N4O13S/c1-7-9-11-13-15-17-18-19-20-22-24-26-28-30-42(57)66-38(29-27-25-23-21-16-14-12-10-8-2)33-43(58)64-34-40-45(59)46(44(50(68)67-40)53-37(5)55)65-36(4)49(62)52-35(3)48(61)54-39(47(51)60)31-32-41(56)63-6/h35-36,38-40,44-46,50,59,68H,7-34H2,1-6H3,(H2,51,60)(H,52,62)(H,53,55)(H,54,61)/t35-,36+,38+,39-,40+,44+,45+,46+,50-/m0/s1/i/hD. The molecule has 68 heavy (non-hydrogen) atoms. The van der Waals surface area contributed by atoms with Gasteiger partial charge < -0.3 is 50.5 Å². The molecule has 0 radical (unpaired) electrons. The van der Waals surface area contributed by atoms with E-state index in [-0.39, 0.29) is 31.7 Å². The number of nitrogens with one attached hydrogen (secondary N) is 3. The van der Waals surface area contributed by atoms with Crippen molar-refractivity contribution < 1.29 is 63.8 Å². The first-order chi connectivity index (χ1) is 33.0. The normalized spacial score (nSPS) is 19.9. The first-order valence-electron chi connectivity index (χ1n) is 26.2. The van der Waals surface area contributed by atoms with Crippen molar-refractivity contribution in [3.8, 4) is 0 Å². The molecular formula is C50H90N4O13S.